The number of fused-ring (bicyclic) bond motifs is 12. The molecule has 0 fully saturated rings. The van der Waals surface area contributed by atoms with E-state index < -0.39 is 0 Å². The molecule has 0 aliphatic heterocycles. The number of benzene rings is 11. The topological polar surface area (TPSA) is 0 Å². The summed E-state index contributed by atoms with van der Waals surface area (Å²) in [7, 11) is 0. The van der Waals surface area contributed by atoms with Crippen LogP contribution in [-0.2, 0) is 5.41 Å². The Bertz CT molecular complexity index is 3750. The SMILES string of the molecule is CC1(C)c2ccccc2-c2ccc3sc4c(-c5ccc6cc(-c7c8ccccc8c(-c8ccc9ccccc9c8)c8ccccc78)ccc6c5)c5ccccc5cc4c3c21. The summed E-state index contributed by atoms with van der Waals surface area (Å²) in [5.74, 6) is 0. The smallest absolute Gasteiger partial charge is 0.0440 e. The van der Waals surface area contributed by atoms with Crippen LogP contribution < -0.4 is 0 Å². The molecule has 0 atom stereocenters. The van der Waals surface area contributed by atoms with E-state index in [-0.39, 0.29) is 5.41 Å². The Hall–Kier alpha value is -7.06. The maximum absolute atomic E-state index is 2.46. The van der Waals surface area contributed by atoms with E-state index >= 15 is 0 Å². The van der Waals surface area contributed by atoms with Crippen LogP contribution in [0.3, 0.4) is 0 Å². The Kier molecular flexibility index (Phi) is 7.04. The first-order valence-electron chi connectivity index (χ1n) is 21.0. The summed E-state index contributed by atoms with van der Waals surface area (Å²) in [5, 5.41) is 15.5. The van der Waals surface area contributed by atoms with Gasteiger partial charge in [-0.1, -0.05) is 178 Å². The van der Waals surface area contributed by atoms with E-state index in [0.29, 0.717) is 0 Å². The number of thiophene rings is 1. The van der Waals surface area contributed by atoms with E-state index in [9.17, 15) is 0 Å². The molecule has 0 unspecified atom stereocenters. The summed E-state index contributed by atoms with van der Waals surface area (Å²) >= 11 is 1.95. The minimum Gasteiger partial charge on any atom is -0.134 e. The van der Waals surface area contributed by atoms with Crippen molar-refractivity contribution in [3.05, 3.63) is 205 Å². The van der Waals surface area contributed by atoms with Gasteiger partial charge in [-0.3, -0.25) is 0 Å². The van der Waals surface area contributed by atoms with Crippen LogP contribution >= 0.6 is 11.3 Å². The number of hydrogen-bond acceptors (Lipinski definition) is 1. The predicted octanol–water partition coefficient (Wildman–Crippen LogP) is 17.1. The van der Waals surface area contributed by atoms with Crippen LogP contribution in [0.4, 0.5) is 0 Å². The van der Waals surface area contributed by atoms with Crippen molar-refractivity contribution < 1.29 is 0 Å². The van der Waals surface area contributed by atoms with E-state index in [2.05, 4.69) is 208 Å². The molecule has 1 heterocycles. The molecule has 1 heteroatoms. The zero-order valence-electron chi connectivity index (χ0n) is 33.4. The lowest BCUT2D eigenvalue weighted by Crippen LogP contribution is -2.15. The molecule has 0 N–H and O–H groups in total. The Morgan fingerprint density at radius 2 is 0.833 bits per heavy atom. The second-order valence-electron chi connectivity index (χ2n) is 17.2. The van der Waals surface area contributed by atoms with Crippen LogP contribution in [0.15, 0.2) is 194 Å². The zero-order chi connectivity index (χ0) is 39.7. The minimum absolute atomic E-state index is 0.0840. The lowest BCUT2D eigenvalue weighted by Gasteiger charge is -2.22. The van der Waals surface area contributed by atoms with Gasteiger partial charge in [-0.2, -0.15) is 0 Å². The molecule has 1 aliphatic rings. The Balaban J connectivity index is 1.00. The third kappa shape index (κ3) is 4.73. The lowest BCUT2D eigenvalue weighted by atomic mass is 9.80. The van der Waals surface area contributed by atoms with E-state index in [1.165, 1.54) is 130 Å². The molecule has 0 saturated carbocycles. The molecule has 11 aromatic carbocycles. The average molecular weight is 779 g/mol. The Morgan fingerprint density at radius 3 is 1.47 bits per heavy atom. The predicted molar refractivity (Wildman–Crippen MR) is 261 cm³/mol. The quantitative estimate of drug-likeness (QED) is 0.157. The monoisotopic (exact) mass is 778 g/mol. The van der Waals surface area contributed by atoms with E-state index in [1.54, 1.807) is 0 Å². The molecule has 13 rings (SSSR count). The first-order chi connectivity index (χ1) is 29.5. The molecular weight excluding hydrogens is 741 g/mol. The molecule has 1 aromatic heterocycles. The highest BCUT2D eigenvalue weighted by atomic mass is 32.1. The summed E-state index contributed by atoms with van der Waals surface area (Å²) < 4.78 is 2.72. The van der Waals surface area contributed by atoms with E-state index in [4.69, 9.17) is 0 Å². The molecule has 0 amide bonds. The fourth-order valence-corrected chi connectivity index (χ4v) is 12.1. The summed E-state index contributed by atoms with van der Waals surface area (Å²) in [5.41, 5.74) is 13.2. The number of rotatable bonds is 3. The first kappa shape index (κ1) is 33.9. The van der Waals surface area contributed by atoms with E-state index in [0.717, 1.165) is 0 Å². The molecule has 12 aromatic rings. The van der Waals surface area contributed by atoms with Gasteiger partial charge in [0.25, 0.3) is 0 Å². The van der Waals surface area contributed by atoms with Gasteiger partial charge in [0.05, 0.1) is 0 Å². The average Bonchev–Trinajstić information content (AvgIpc) is 3.77. The third-order valence-electron chi connectivity index (χ3n) is 13.6. The fourth-order valence-electron chi connectivity index (χ4n) is 10.9. The second-order valence-corrected chi connectivity index (χ2v) is 18.2. The summed E-state index contributed by atoms with van der Waals surface area (Å²) in [6.45, 7) is 4.82. The van der Waals surface area contributed by atoms with Crippen LogP contribution in [0.25, 0.3) is 119 Å². The van der Waals surface area contributed by atoms with Crippen LogP contribution in [0.2, 0.25) is 0 Å². The molecule has 0 nitrogen and oxygen atoms in total. The minimum atomic E-state index is -0.0840. The van der Waals surface area contributed by atoms with Crippen LogP contribution in [0.1, 0.15) is 25.0 Å². The molecule has 60 heavy (non-hydrogen) atoms. The fraction of sp³-hybridized carbons (Fsp3) is 0.0508. The van der Waals surface area contributed by atoms with Gasteiger partial charge in [-0.15, -0.1) is 11.3 Å². The highest BCUT2D eigenvalue weighted by Crippen LogP contribution is 2.55. The standard InChI is InChI=1S/C59H38S/c1-59(2)51-22-12-11-17-44(51)49-29-30-52-56(57(49)59)50-34-39-15-5-6-16-43(39)55(58(50)60-52)42-28-25-37-32-41(27-24-38(37)33-42)54-47-20-9-7-18-45(47)53(46-19-8-10-21-48(46)54)40-26-23-35-13-3-4-14-36(35)31-40/h3-34H,1-2H3. The van der Waals surface area contributed by atoms with Gasteiger partial charge < -0.3 is 0 Å². The van der Waals surface area contributed by atoms with E-state index in [1.807, 2.05) is 11.3 Å². The van der Waals surface area contributed by atoms with Gasteiger partial charge in [0, 0.05) is 31.2 Å². The van der Waals surface area contributed by atoms with Gasteiger partial charge in [0.15, 0.2) is 0 Å². The summed E-state index contributed by atoms with van der Waals surface area (Å²) in [6.07, 6.45) is 0. The molecule has 0 radical (unpaired) electrons. The maximum Gasteiger partial charge on any atom is 0.0440 e. The van der Waals surface area contributed by atoms with Crippen LogP contribution in [0.5, 0.6) is 0 Å². The van der Waals surface area contributed by atoms with Gasteiger partial charge in [-0.25, -0.2) is 0 Å². The van der Waals surface area contributed by atoms with Crippen molar-refractivity contribution in [2.24, 2.45) is 0 Å². The van der Waals surface area contributed by atoms with Crippen LogP contribution in [0, 0.1) is 0 Å². The molecule has 1 aliphatic carbocycles. The van der Waals surface area contributed by atoms with Gasteiger partial charge in [0.2, 0.25) is 0 Å². The van der Waals surface area contributed by atoms with Gasteiger partial charge >= 0.3 is 0 Å². The van der Waals surface area contributed by atoms with Crippen molar-refractivity contribution in [2.45, 2.75) is 19.3 Å². The molecule has 280 valence electrons. The highest BCUT2D eigenvalue weighted by molar-refractivity contribution is 7.26. The first-order valence-corrected chi connectivity index (χ1v) is 21.8. The molecule has 0 spiro atoms. The van der Waals surface area contributed by atoms with Crippen molar-refractivity contribution in [2.75, 3.05) is 0 Å². The maximum atomic E-state index is 2.46. The summed E-state index contributed by atoms with van der Waals surface area (Å²) in [6, 6.07) is 72.9. The lowest BCUT2D eigenvalue weighted by molar-refractivity contribution is 0.667. The van der Waals surface area contributed by atoms with Crippen molar-refractivity contribution in [3.63, 3.8) is 0 Å². The van der Waals surface area contributed by atoms with Crippen molar-refractivity contribution in [1.82, 2.24) is 0 Å². The van der Waals surface area contributed by atoms with Crippen molar-refractivity contribution in [1.29, 1.82) is 0 Å². The molecule has 0 saturated heterocycles. The van der Waals surface area contributed by atoms with Crippen LogP contribution in [-0.4, -0.2) is 0 Å². The number of hydrogen-bond donors (Lipinski definition) is 0. The summed E-state index contributed by atoms with van der Waals surface area (Å²) in [4.78, 5) is 0. The Labute approximate surface area is 352 Å². The van der Waals surface area contributed by atoms with Crippen molar-refractivity contribution in [3.8, 4) is 44.5 Å². The molecule has 0 bridgehead atoms. The normalized spacial score (nSPS) is 13.3. The third-order valence-corrected chi connectivity index (χ3v) is 14.7. The largest absolute Gasteiger partial charge is 0.134 e. The van der Waals surface area contributed by atoms with Gasteiger partial charge in [0.1, 0.15) is 0 Å². The van der Waals surface area contributed by atoms with Gasteiger partial charge in [-0.05, 0) is 134 Å². The van der Waals surface area contributed by atoms with Crippen molar-refractivity contribution >= 4 is 85.4 Å². The zero-order valence-corrected chi connectivity index (χ0v) is 34.2. The second kappa shape index (κ2) is 12.5. The highest BCUT2D eigenvalue weighted by Gasteiger charge is 2.37. The molecular formula is C59H38S. The Morgan fingerprint density at radius 1 is 0.350 bits per heavy atom.